The van der Waals surface area contributed by atoms with Crippen molar-refractivity contribution in [3.63, 3.8) is 0 Å². The molecule has 9 heteroatoms. The number of Topliss-reactive ketones (excluding diaryl/α,β-unsaturated/α-hetero) is 1. The lowest BCUT2D eigenvalue weighted by atomic mass is 9.91. The van der Waals surface area contributed by atoms with Crippen molar-refractivity contribution in [2.75, 3.05) is 19.1 Å². The van der Waals surface area contributed by atoms with Crippen LogP contribution in [0.2, 0.25) is 0 Å². The Balaban J connectivity index is 2.01. The molecule has 6 nitrogen and oxygen atoms in total. The molecule has 204 valence electrons. The monoisotopic (exact) mass is 539 g/mol. The van der Waals surface area contributed by atoms with E-state index in [1.807, 2.05) is 13.8 Å². The molecule has 1 unspecified atom stereocenters. The number of aliphatic hydroxyl groups is 1. The Bertz CT molecular complexity index is 1480. The van der Waals surface area contributed by atoms with Gasteiger partial charge in [-0.2, -0.15) is 13.2 Å². The second kappa shape index (κ2) is 10.5. The highest BCUT2D eigenvalue weighted by Gasteiger charge is 2.47. The smallest absolute Gasteiger partial charge is 0.416 e. The Kier molecular flexibility index (Phi) is 7.46. The van der Waals surface area contributed by atoms with Gasteiger partial charge in [0.1, 0.15) is 17.3 Å². The molecule has 0 spiro atoms. The van der Waals surface area contributed by atoms with Crippen molar-refractivity contribution in [1.82, 2.24) is 0 Å². The minimum atomic E-state index is -4.66. The Morgan fingerprint density at radius 1 is 0.974 bits per heavy atom. The Morgan fingerprint density at radius 2 is 1.67 bits per heavy atom. The maximum Gasteiger partial charge on any atom is 0.416 e. The number of halogens is 3. The highest BCUT2D eigenvalue weighted by Crippen LogP contribution is 2.45. The van der Waals surface area contributed by atoms with Crippen LogP contribution in [0.25, 0.3) is 5.76 Å². The topological polar surface area (TPSA) is 76.1 Å². The van der Waals surface area contributed by atoms with Crippen LogP contribution < -0.4 is 14.4 Å². The zero-order valence-corrected chi connectivity index (χ0v) is 22.1. The van der Waals surface area contributed by atoms with Gasteiger partial charge in [0, 0.05) is 11.3 Å². The van der Waals surface area contributed by atoms with Gasteiger partial charge in [0.05, 0.1) is 31.4 Å². The van der Waals surface area contributed by atoms with Gasteiger partial charge in [0.25, 0.3) is 11.7 Å². The van der Waals surface area contributed by atoms with Gasteiger partial charge in [0.15, 0.2) is 0 Å². The Labute approximate surface area is 224 Å². The third-order valence-corrected chi connectivity index (χ3v) is 6.76. The lowest BCUT2D eigenvalue weighted by molar-refractivity contribution is -0.137. The summed E-state index contributed by atoms with van der Waals surface area (Å²) in [5, 5.41) is 11.6. The molecule has 1 amide bonds. The van der Waals surface area contributed by atoms with E-state index in [0.717, 1.165) is 22.6 Å². The molecule has 3 aromatic rings. The number of nitrogens with zero attached hydrogens (tertiary/aromatic N) is 1. The first-order valence-electron chi connectivity index (χ1n) is 12.2. The number of benzene rings is 3. The summed E-state index contributed by atoms with van der Waals surface area (Å²) in [6, 6.07) is 12.9. The van der Waals surface area contributed by atoms with E-state index in [-0.39, 0.29) is 17.2 Å². The van der Waals surface area contributed by atoms with Gasteiger partial charge in [0.2, 0.25) is 0 Å². The molecule has 1 fully saturated rings. The number of carbonyl (C=O) groups is 2. The first kappa shape index (κ1) is 27.8. The second-order valence-corrected chi connectivity index (χ2v) is 9.56. The first-order chi connectivity index (χ1) is 18.4. The number of hydrogen-bond donors (Lipinski definition) is 1. The van der Waals surface area contributed by atoms with Crippen molar-refractivity contribution in [2.45, 2.75) is 38.9 Å². The van der Waals surface area contributed by atoms with Gasteiger partial charge in [-0.25, -0.2) is 0 Å². The first-order valence-corrected chi connectivity index (χ1v) is 12.2. The van der Waals surface area contributed by atoms with Gasteiger partial charge >= 0.3 is 6.18 Å². The number of amides is 1. The van der Waals surface area contributed by atoms with Crippen molar-refractivity contribution < 1.29 is 37.3 Å². The fraction of sp³-hybridized carbons (Fsp3) is 0.267. The maximum absolute atomic E-state index is 13.5. The standard InChI is InChI=1S/C30H28F3NO5/c1-16(2)22-15-23(17(3)12-24(22)39-5)27(35)25-26(18-8-6-11-21(13-18)38-4)34(29(37)28(25)36)20-10-7-9-19(14-20)30(31,32)33/h6-16,26,35H,1-5H3/b27-25+. The number of aliphatic hydroxyl groups excluding tert-OH is 1. The normalized spacial score (nSPS) is 17.2. The number of methoxy groups -OCH3 is 2. The molecule has 0 aliphatic carbocycles. The van der Waals surface area contributed by atoms with Crippen molar-refractivity contribution >= 4 is 23.1 Å². The van der Waals surface area contributed by atoms with E-state index >= 15 is 0 Å². The summed E-state index contributed by atoms with van der Waals surface area (Å²) in [6.07, 6.45) is -4.66. The Morgan fingerprint density at radius 3 is 2.28 bits per heavy atom. The van der Waals surface area contributed by atoms with Crippen molar-refractivity contribution in [3.05, 3.63) is 94.1 Å². The zero-order valence-electron chi connectivity index (χ0n) is 22.1. The SMILES string of the molecule is COc1cccc(C2/C(=C(\O)c3cc(C(C)C)c(OC)cc3C)C(=O)C(=O)N2c2cccc(C(F)(F)F)c2)c1. The third-order valence-electron chi connectivity index (χ3n) is 6.76. The number of anilines is 1. The molecule has 0 bridgehead atoms. The van der Waals surface area contributed by atoms with E-state index in [9.17, 15) is 27.9 Å². The van der Waals surface area contributed by atoms with Crippen LogP contribution in [-0.2, 0) is 15.8 Å². The minimum Gasteiger partial charge on any atom is -0.507 e. The van der Waals surface area contributed by atoms with Crippen molar-refractivity contribution in [1.29, 1.82) is 0 Å². The van der Waals surface area contributed by atoms with E-state index in [1.165, 1.54) is 26.4 Å². The lowest BCUT2D eigenvalue weighted by Gasteiger charge is -2.26. The molecule has 1 aliphatic heterocycles. The molecule has 0 aromatic heterocycles. The van der Waals surface area contributed by atoms with Gasteiger partial charge in [-0.15, -0.1) is 0 Å². The number of alkyl halides is 3. The van der Waals surface area contributed by atoms with Crippen LogP contribution >= 0.6 is 0 Å². The molecule has 1 atom stereocenters. The molecule has 3 aromatic carbocycles. The number of aryl methyl sites for hydroxylation is 1. The van der Waals surface area contributed by atoms with Crippen LogP contribution in [0.5, 0.6) is 11.5 Å². The lowest BCUT2D eigenvalue weighted by Crippen LogP contribution is -2.29. The van der Waals surface area contributed by atoms with E-state index in [4.69, 9.17) is 9.47 Å². The largest absolute Gasteiger partial charge is 0.507 e. The Hall–Kier alpha value is -4.27. The van der Waals surface area contributed by atoms with Crippen molar-refractivity contribution in [2.24, 2.45) is 0 Å². The van der Waals surface area contributed by atoms with Crippen molar-refractivity contribution in [3.8, 4) is 11.5 Å². The van der Waals surface area contributed by atoms with E-state index in [2.05, 4.69) is 0 Å². The van der Waals surface area contributed by atoms with Gasteiger partial charge in [-0.05, 0) is 72.0 Å². The molecule has 1 aliphatic rings. The summed E-state index contributed by atoms with van der Waals surface area (Å²) in [6.45, 7) is 5.62. The predicted molar refractivity (Wildman–Crippen MR) is 141 cm³/mol. The maximum atomic E-state index is 13.5. The van der Waals surface area contributed by atoms with Crippen LogP contribution in [0.1, 0.15) is 53.6 Å². The van der Waals surface area contributed by atoms with E-state index in [0.29, 0.717) is 28.2 Å². The average molecular weight is 540 g/mol. The highest BCUT2D eigenvalue weighted by atomic mass is 19.4. The van der Waals surface area contributed by atoms with Gasteiger partial charge in [-0.1, -0.05) is 32.0 Å². The average Bonchev–Trinajstić information content (AvgIpc) is 3.17. The third kappa shape index (κ3) is 5.08. The molecule has 0 radical (unpaired) electrons. The fourth-order valence-corrected chi connectivity index (χ4v) is 4.78. The van der Waals surface area contributed by atoms with Gasteiger partial charge < -0.3 is 14.6 Å². The summed E-state index contributed by atoms with van der Waals surface area (Å²) in [7, 11) is 2.97. The van der Waals surface area contributed by atoms with Crippen LogP contribution in [0.15, 0.2) is 66.2 Å². The summed E-state index contributed by atoms with van der Waals surface area (Å²) in [5.41, 5.74) is 0.705. The van der Waals surface area contributed by atoms with E-state index in [1.54, 1.807) is 43.3 Å². The second-order valence-electron chi connectivity index (χ2n) is 9.56. The molecule has 1 saturated heterocycles. The summed E-state index contributed by atoms with van der Waals surface area (Å²) in [4.78, 5) is 27.9. The summed E-state index contributed by atoms with van der Waals surface area (Å²) in [5.74, 6) is -1.48. The van der Waals surface area contributed by atoms with E-state index < -0.39 is 35.2 Å². The van der Waals surface area contributed by atoms with Crippen LogP contribution in [0.4, 0.5) is 18.9 Å². The predicted octanol–water partition coefficient (Wildman–Crippen LogP) is 6.78. The van der Waals surface area contributed by atoms with Gasteiger partial charge in [-0.3, -0.25) is 14.5 Å². The summed E-state index contributed by atoms with van der Waals surface area (Å²) < 4.78 is 51.4. The molecule has 0 saturated carbocycles. The number of rotatable bonds is 6. The molecule has 4 rings (SSSR count). The number of carbonyl (C=O) groups excluding carboxylic acids is 2. The quantitative estimate of drug-likeness (QED) is 0.212. The molecular formula is C30H28F3NO5. The van der Waals surface area contributed by atoms with Crippen LogP contribution in [-0.4, -0.2) is 31.0 Å². The highest BCUT2D eigenvalue weighted by molar-refractivity contribution is 6.51. The number of ether oxygens (including phenoxy) is 2. The zero-order chi connectivity index (χ0) is 28.6. The molecule has 39 heavy (non-hydrogen) atoms. The minimum absolute atomic E-state index is 0.00815. The van der Waals surface area contributed by atoms with Crippen LogP contribution in [0.3, 0.4) is 0 Å². The van der Waals surface area contributed by atoms with Crippen LogP contribution in [0, 0.1) is 6.92 Å². The summed E-state index contributed by atoms with van der Waals surface area (Å²) >= 11 is 0. The molecule has 1 N–H and O–H groups in total. The molecule has 1 heterocycles. The number of ketones is 1. The fourth-order valence-electron chi connectivity index (χ4n) is 4.78. The number of hydrogen-bond acceptors (Lipinski definition) is 5. The molecular weight excluding hydrogens is 511 g/mol.